The summed E-state index contributed by atoms with van der Waals surface area (Å²) in [6, 6.07) is 8.63. The van der Waals surface area contributed by atoms with Crippen molar-refractivity contribution in [2.75, 3.05) is 18.0 Å². The quantitative estimate of drug-likeness (QED) is 0.644. The van der Waals surface area contributed by atoms with Gasteiger partial charge in [-0.25, -0.2) is 9.97 Å². The zero-order valence-electron chi connectivity index (χ0n) is 16.9. The molecule has 2 fully saturated rings. The lowest BCUT2D eigenvalue weighted by molar-refractivity contribution is 0.226. The van der Waals surface area contributed by atoms with Crippen LogP contribution in [0.25, 0.3) is 0 Å². The topological polar surface area (TPSA) is 29.0 Å². The van der Waals surface area contributed by atoms with E-state index in [0.717, 1.165) is 23.9 Å². The summed E-state index contributed by atoms with van der Waals surface area (Å²) >= 11 is 1.72. The molecule has 2 aliphatic rings. The van der Waals surface area contributed by atoms with Gasteiger partial charge in [0.2, 0.25) is 0 Å². The Labute approximate surface area is 168 Å². The fourth-order valence-corrected chi connectivity index (χ4v) is 5.72. The molecule has 1 saturated carbocycles. The van der Waals surface area contributed by atoms with Gasteiger partial charge in [0, 0.05) is 18.0 Å². The molecular formula is C23H31N3S. The van der Waals surface area contributed by atoms with Gasteiger partial charge in [-0.2, -0.15) is 0 Å². The molecule has 2 aromatic rings. The first-order chi connectivity index (χ1) is 13.0. The highest BCUT2D eigenvalue weighted by molar-refractivity contribution is 7.99. The second kappa shape index (κ2) is 7.46. The molecule has 0 amide bonds. The summed E-state index contributed by atoms with van der Waals surface area (Å²) in [7, 11) is 0. The third-order valence-corrected chi connectivity index (χ3v) is 7.33. The van der Waals surface area contributed by atoms with Gasteiger partial charge in [0.1, 0.15) is 10.8 Å². The van der Waals surface area contributed by atoms with Crippen molar-refractivity contribution in [3.05, 3.63) is 42.2 Å². The Balaban J connectivity index is 1.43. The molecule has 1 aromatic heterocycles. The van der Waals surface area contributed by atoms with E-state index in [-0.39, 0.29) is 5.41 Å². The Hall–Kier alpha value is -1.55. The number of rotatable bonds is 3. The summed E-state index contributed by atoms with van der Waals surface area (Å²) in [6.45, 7) is 9.04. The summed E-state index contributed by atoms with van der Waals surface area (Å²) in [5, 5.41) is 0.972. The van der Waals surface area contributed by atoms with Gasteiger partial charge in [-0.3, -0.25) is 0 Å². The van der Waals surface area contributed by atoms with Crippen LogP contribution in [0.5, 0.6) is 0 Å². The van der Waals surface area contributed by atoms with E-state index in [2.05, 4.69) is 49.9 Å². The van der Waals surface area contributed by atoms with Crippen molar-refractivity contribution in [3.63, 3.8) is 0 Å². The maximum Gasteiger partial charge on any atom is 0.147 e. The van der Waals surface area contributed by atoms with Crippen molar-refractivity contribution in [2.45, 2.75) is 74.6 Å². The van der Waals surface area contributed by atoms with Crippen LogP contribution in [0, 0.1) is 5.41 Å². The number of hydrogen-bond acceptors (Lipinski definition) is 4. The molecular weight excluding hydrogens is 350 g/mol. The molecule has 0 unspecified atom stereocenters. The Kier molecular flexibility index (Phi) is 5.19. The van der Waals surface area contributed by atoms with Crippen molar-refractivity contribution < 1.29 is 0 Å². The molecule has 0 N–H and O–H groups in total. The van der Waals surface area contributed by atoms with Crippen LogP contribution in [0.15, 0.2) is 46.6 Å². The maximum atomic E-state index is 4.75. The molecule has 0 bridgehead atoms. The molecule has 1 aliphatic carbocycles. The first kappa shape index (κ1) is 18.8. The number of anilines is 1. The van der Waals surface area contributed by atoms with Gasteiger partial charge >= 0.3 is 0 Å². The van der Waals surface area contributed by atoms with Crippen LogP contribution in [-0.2, 0) is 5.41 Å². The average Bonchev–Trinajstić information content (AvgIpc) is 3.11. The molecule has 1 aromatic carbocycles. The Morgan fingerprint density at radius 1 is 0.926 bits per heavy atom. The second-order valence-electron chi connectivity index (χ2n) is 9.26. The van der Waals surface area contributed by atoms with Crippen molar-refractivity contribution in [1.29, 1.82) is 0 Å². The Morgan fingerprint density at radius 3 is 2.26 bits per heavy atom. The molecule has 144 valence electrons. The lowest BCUT2D eigenvalue weighted by atomic mass is 9.77. The number of benzene rings is 1. The standard InChI is InChI=1S/C23H31N3S/c1-22(2,3)18-8-4-5-9-19(18)27-21-17-24-20(16-25-21)26-14-12-23(13-15-26)10-6-7-11-23/h4-5,8-9,16-17H,6-7,10-15H2,1-3H3. The van der Waals surface area contributed by atoms with Crippen LogP contribution in [0.1, 0.15) is 64.9 Å². The summed E-state index contributed by atoms with van der Waals surface area (Å²) < 4.78 is 0. The van der Waals surface area contributed by atoms with Crippen molar-refractivity contribution in [3.8, 4) is 0 Å². The minimum Gasteiger partial charge on any atom is -0.355 e. The highest BCUT2D eigenvalue weighted by Crippen LogP contribution is 2.46. The van der Waals surface area contributed by atoms with Gasteiger partial charge in [-0.05, 0) is 48.1 Å². The highest BCUT2D eigenvalue weighted by atomic mass is 32.2. The molecule has 1 aliphatic heterocycles. The lowest BCUT2D eigenvalue weighted by Gasteiger charge is -2.39. The van der Waals surface area contributed by atoms with Gasteiger partial charge in [0.05, 0.1) is 12.4 Å². The molecule has 2 heterocycles. The molecule has 1 spiro atoms. The van der Waals surface area contributed by atoms with E-state index in [4.69, 9.17) is 9.97 Å². The highest BCUT2D eigenvalue weighted by Gasteiger charge is 2.37. The fourth-order valence-electron chi connectivity index (χ4n) is 4.65. The van der Waals surface area contributed by atoms with Crippen molar-refractivity contribution >= 4 is 17.6 Å². The lowest BCUT2D eigenvalue weighted by Crippen LogP contribution is -2.39. The SMILES string of the molecule is CC(C)(C)c1ccccc1Sc1cnc(N2CCC3(CCCC3)CC2)cn1. The number of piperidine rings is 1. The normalized spacial score (nSPS) is 19.6. The van der Waals surface area contributed by atoms with E-state index in [1.807, 2.05) is 12.4 Å². The molecule has 4 heteroatoms. The minimum atomic E-state index is 0.126. The second-order valence-corrected chi connectivity index (χ2v) is 10.3. The van der Waals surface area contributed by atoms with E-state index in [1.54, 1.807) is 11.8 Å². The van der Waals surface area contributed by atoms with Crippen molar-refractivity contribution in [1.82, 2.24) is 9.97 Å². The van der Waals surface area contributed by atoms with Gasteiger partial charge in [0.25, 0.3) is 0 Å². The van der Waals surface area contributed by atoms with Crippen LogP contribution in [0.2, 0.25) is 0 Å². The molecule has 1 saturated heterocycles. The summed E-state index contributed by atoms with van der Waals surface area (Å²) in [6.07, 6.45) is 12.3. The first-order valence-electron chi connectivity index (χ1n) is 10.3. The maximum absolute atomic E-state index is 4.75. The number of hydrogen-bond donors (Lipinski definition) is 0. The largest absolute Gasteiger partial charge is 0.355 e. The van der Waals surface area contributed by atoms with E-state index >= 15 is 0 Å². The van der Waals surface area contributed by atoms with E-state index < -0.39 is 0 Å². The predicted molar refractivity (Wildman–Crippen MR) is 114 cm³/mol. The van der Waals surface area contributed by atoms with Crippen molar-refractivity contribution in [2.24, 2.45) is 5.41 Å². The van der Waals surface area contributed by atoms with Crippen LogP contribution >= 0.6 is 11.8 Å². The molecule has 0 atom stereocenters. The summed E-state index contributed by atoms with van der Waals surface area (Å²) in [5.74, 6) is 1.04. The van der Waals surface area contributed by atoms with Crippen LogP contribution in [0.3, 0.4) is 0 Å². The third-order valence-electron chi connectivity index (χ3n) is 6.34. The van der Waals surface area contributed by atoms with Crippen LogP contribution < -0.4 is 4.90 Å². The molecule has 27 heavy (non-hydrogen) atoms. The third kappa shape index (κ3) is 4.16. The monoisotopic (exact) mass is 381 g/mol. The van der Waals surface area contributed by atoms with Crippen LogP contribution in [0.4, 0.5) is 5.82 Å². The molecule has 4 rings (SSSR count). The number of nitrogens with zero attached hydrogens (tertiary/aromatic N) is 3. The van der Waals surface area contributed by atoms with E-state index in [1.165, 1.54) is 49.0 Å². The molecule has 3 nitrogen and oxygen atoms in total. The number of aromatic nitrogens is 2. The van der Waals surface area contributed by atoms with E-state index in [0.29, 0.717) is 5.41 Å². The minimum absolute atomic E-state index is 0.126. The van der Waals surface area contributed by atoms with Gasteiger partial charge in [-0.1, -0.05) is 63.6 Å². The molecule has 0 radical (unpaired) electrons. The zero-order valence-corrected chi connectivity index (χ0v) is 17.7. The van der Waals surface area contributed by atoms with Gasteiger partial charge in [0.15, 0.2) is 0 Å². The van der Waals surface area contributed by atoms with E-state index in [9.17, 15) is 0 Å². The van der Waals surface area contributed by atoms with Crippen LogP contribution in [-0.4, -0.2) is 23.1 Å². The summed E-state index contributed by atoms with van der Waals surface area (Å²) in [4.78, 5) is 13.2. The summed E-state index contributed by atoms with van der Waals surface area (Å²) in [5.41, 5.74) is 2.14. The smallest absolute Gasteiger partial charge is 0.147 e. The Morgan fingerprint density at radius 2 is 1.63 bits per heavy atom. The first-order valence-corrected chi connectivity index (χ1v) is 11.1. The van der Waals surface area contributed by atoms with Gasteiger partial charge in [-0.15, -0.1) is 0 Å². The average molecular weight is 382 g/mol. The zero-order chi connectivity index (χ0) is 18.9. The van der Waals surface area contributed by atoms with Gasteiger partial charge < -0.3 is 4.90 Å². The predicted octanol–water partition coefficient (Wildman–Crippen LogP) is 6.09. The Bertz CT molecular complexity index is 763. The fraction of sp³-hybridized carbons (Fsp3) is 0.565.